The molecule has 0 atom stereocenters. The number of aryl methyl sites for hydroxylation is 1. The highest BCUT2D eigenvalue weighted by atomic mass is 16.5. The number of ether oxygens (including phenoxy) is 1. The first-order valence-electron chi connectivity index (χ1n) is 6.41. The summed E-state index contributed by atoms with van der Waals surface area (Å²) in [5.41, 5.74) is 6.62. The molecule has 0 aliphatic rings. The minimum absolute atomic E-state index is 0.0520. The smallest absolute Gasteiger partial charge is 0.314 e. The van der Waals surface area contributed by atoms with Gasteiger partial charge in [0.1, 0.15) is 5.75 Å². The highest BCUT2D eigenvalue weighted by Crippen LogP contribution is 2.24. The van der Waals surface area contributed by atoms with E-state index in [-0.39, 0.29) is 17.0 Å². The van der Waals surface area contributed by atoms with Crippen LogP contribution < -0.4 is 16.0 Å². The van der Waals surface area contributed by atoms with Crippen molar-refractivity contribution in [3.63, 3.8) is 0 Å². The zero-order valence-electron chi connectivity index (χ0n) is 12.2. The van der Waals surface area contributed by atoms with Crippen molar-refractivity contribution < 1.29 is 4.74 Å². The molecule has 0 unspecified atom stereocenters. The Morgan fingerprint density at radius 1 is 1.30 bits per heavy atom. The third-order valence-electron chi connectivity index (χ3n) is 2.95. The van der Waals surface area contributed by atoms with Gasteiger partial charge in [0.2, 0.25) is 0 Å². The van der Waals surface area contributed by atoms with Crippen molar-refractivity contribution >= 4 is 5.69 Å². The Morgan fingerprint density at radius 2 is 2.00 bits per heavy atom. The molecular weight excluding hydrogens is 254 g/mol. The molecule has 0 fully saturated rings. The fourth-order valence-electron chi connectivity index (χ4n) is 1.82. The zero-order valence-corrected chi connectivity index (χ0v) is 12.2. The van der Waals surface area contributed by atoms with Gasteiger partial charge in [-0.3, -0.25) is 4.79 Å². The van der Waals surface area contributed by atoms with Crippen LogP contribution in [0.15, 0.2) is 35.4 Å². The molecule has 2 N–H and O–H groups in total. The first kappa shape index (κ1) is 14.1. The Bertz CT molecular complexity index is 684. The minimum atomic E-state index is -0.330. The number of aromatic nitrogens is 2. The van der Waals surface area contributed by atoms with E-state index >= 15 is 0 Å². The minimum Gasteiger partial charge on any atom is -0.434 e. The van der Waals surface area contributed by atoms with Crippen molar-refractivity contribution in [2.75, 3.05) is 5.73 Å². The highest BCUT2D eigenvalue weighted by molar-refractivity contribution is 5.48. The number of nitrogens with two attached hydrogens (primary N) is 1. The maximum absolute atomic E-state index is 12.4. The third-order valence-corrected chi connectivity index (χ3v) is 2.95. The molecule has 5 heteroatoms. The van der Waals surface area contributed by atoms with Gasteiger partial charge in [0, 0.05) is 29.7 Å². The lowest BCUT2D eigenvalue weighted by Gasteiger charge is -2.22. The van der Waals surface area contributed by atoms with Gasteiger partial charge in [0.25, 0.3) is 5.88 Å². The van der Waals surface area contributed by atoms with Crippen LogP contribution in [-0.2, 0) is 5.54 Å². The molecule has 0 aliphatic carbocycles. The third kappa shape index (κ3) is 2.82. The predicted octanol–water partition coefficient (Wildman–Crippen LogP) is 2.68. The number of rotatable bonds is 2. The number of nitrogens with zero attached hydrogens (tertiary/aromatic N) is 2. The number of hydrogen-bond acceptors (Lipinski definition) is 4. The van der Waals surface area contributed by atoms with E-state index in [1.165, 1.54) is 0 Å². The van der Waals surface area contributed by atoms with Crippen LogP contribution in [0.3, 0.4) is 0 Å². The molecule has 0 amide bonds. The van der Waals surface area contributed by atoms with Crippen molar-refractivity contribution in [3.05, 3.63) is 46.5 Å². The molecule has 1 heterocycles. The van der Waals surface area contributed by atoms with Crippen LogP contribution in [0, 0.1) is 6.92 Å². The van der Waals surface area contributed by atoms with E-state index < -0.39 is 0 Å². The molecule has 0 saturated carbocycles. The molecule has 0 radical (unpaired) electrons. The van der Waals surface area contributed by atoms with Crippen LogP contribution in [0.1, 0.15) is 26.3 Å². The fourth-order valence-corrected chi connectivity index (χ4v) is 1.82. The lowest BCUT2D eigenvalue weighted by molar-refractivity contribution is 0.362. The average molecular weight is 273 g/mol. The standard InChI is InChI=1S/C15H19N3O2/c1-10-5-6-11(16)9-12(10)20-13-14(19)18(8-7-17-13)15(2,3)4/h5-9H,16H2,1-4H3. The lowest BCUT2D eigenvalue weighted by Crippen LogP contribution is -2.34. The second kappa shape index (κ2) is 5.00. The van der Waals surface area contributed by atoms with Gasteiger partial charge in [-0.05, 0) is 39.3 Å². The molecule has 0 saturated heterocycles. The van der Waals surface area contributed by atoms with Crippen LogP contribution in [0.5, 0.6) is 11.6 Å². The number of anilines is 1. The summed E-state index contributed by atoms with van der Waals surface area (Å²) in [6, 6.07) is 5.31. The summed E-state index contributed by atoms with van der Waals surface area (Å²) in [5, 5.41) is 0. The van der Waals surface area contributed by atoms with Crippen molar-refractivity contribution in [1.29, 1.82) is 0 Å². The fraction of sp³-hybridized carbons (Fsp3) is 0.333. The maximum atomic E-state index is 12.4. The summed E-state index contributed by atoms with van der Waals surface area (Å²) in [7, 11) is 0. The first-order valence-corrected chi connectivity index (χ1v) is 6.41. The van der Waals surface area contributed by atoms with Gasteiger partial charge in [-0.15, -0.1) is 0 Å². The van der Waals surface area contributed by atoms with E-state index in [4.69, 9.17) is 10.5 Å². The summed E-state index contributed by atoms with van der Waals surface area (Å²) in [6.45, 7) is 7.73. The van der Waals surface area contributed by atoms with Gasteiger partial charge in [-0.25, -0.2) is 4.98 Å². The van der Waals surface area contributed by atoms with Crippen LogP contribution >= 0.6 is 0 Å². The molecule has 0 bridgehead atoms. The molecule has 106 valence electrons. The molecular formula is C15H19N3O2. The van der Waals surface area contributed by atoms with E-state index in [1.807, 2.05) is 33.8 Å². The van der Waals surface area contributed by atoms with E-state index in [1.54, 1.807) is 29.1 Å². The Hall–Kier alpha value is -2.30. The summed E-state index contributed by atoms with van der Waals surface area (Å²) in [5.74, 6) is 0.595. The largest absolute Gasteiger partial charge is 0.434 e. The Balaban J connectivity index is 2.45. The highest BCUT2D eigenvalue weighted by Gasteiger charge is 2.18. The number of hydrogen-bond donors (Lipinski definition) is 1. The number of nitrogen functional groups attached to an aromatic ring is 1. The Morgan fingerprint density at radius 3 is 2.65 bits per heavy atom. The van der Waals surface area contributed by atoms with Crippen molar-refractivity contribution in [3.8, 4) is 11.6 Å². The van der Waals surface area contributed by atoms with Gasteiger partial charge in [0.15, 0.2) is 0 Å². The van der Waals surface area contributed by atoms with E-state index in [0.29, 0.717) is 11.4 Å². The Kier molecular flexibility index (Phi) is 3.53. The van der Waals surface area contributed by atoms with Crippen LogP contribution in [0.25, 0.3) is 0 Å². The average Bonchev–Trinajstić information content (AvgIpc) is 2.35. The quantitative estimate of drug-likeness (QED) is 0.854. The molecule has 0 spiro atoms. The molecule has 20 heavy (non-hydrogen) atoms. The van der Waals surface area contributed by atoms with Crippen LogP contribution in [-0.4, -0.2) is 9.55 Å². The zero-order chi connectivity index (χ0) is 14.9. The molecule has 2 aromatic rings. The maximum Gasteiger partial charge on any atom is 0.314 e. The van der Waals surface area contributed by atoms with Gasteiger partial charge >= 0.3 is 5.56 Å². The van der Waals surface area contributed by atoms with Gasteiger partial charge in [-0.1, -0.05) is 6.07 Å². The van der Waals surface area contributed by atoms with Crippen LogP contribution in [0.2, 0.25) is 0 Å². The molecule has 1 aromatic carbocycles. The second-order valence-corrected chi connectivity index (χ2v) is 5.71. The summed E-state index contributed by atoms with van der Waals surface area (Å²) in [6.07, 6.45) is 3.21. The molecule has 2 rings (SSSR count). The van der Waals surface area contributed by atoms with Crippen molar-refractivity contribution in [1.82, 2.24) is 9.55 Å². The van der Waals surface area contributed by atoms with Gasteiger partial charge < -0.3 is 15.0 Å². The lowest BCUT2D eigenvalue weighted by atomic mass is 10.1. The molecule has 0 aliphatic heterocycles. The Labute approximate surface area is 118 Å². The van der Waals surface area contributed by atoms with Gasteiger partial charge in [0.05, 0.1) is 0 Å². The van der Waals surface area contributed by atoms with Crippen LogP contribution in [0.4, 0.5) is 5.69 Å². The van der Waals surface area contributed by atoms with E-state index in [0.717, 1.165) is 5.56 Å². The van der Waals surface area contributed by atoms with Gasteiger partial charge in [-0.2, -0.15) is 0 Å². The summed E-state index contributed by atoms with van der Waals surface area (Å²) >= 11 is 0. The normalized spacial score (nSPS) is 11.4. The van der Waals surface area contributed by atoms with Crippen molar-refractivity contribution in [2.45, 2.75) is 33.2 Å². The van der Waals surface area contributed by atoms with Crippen molar-refractivity contribution in [2.24, 2.45) is 0 Å². The number of benzene rings is 1. The van der Waals surface area contributed by atoms with E-state index in [9.17, 15) is 4.79 Å². The van der Waals surface area contributed by atoms with E-state index in [2.05, 4.69) is 4.98 Å². The monoisotopic (exact) mass is 273 g/mol. The first-order chi connectivity index (χ1) is 9.29. The summed E-state index contributed by atoms with van der Waals surface area (Å²) in [4.78, 5) is 16.4. The second-order valence-electron chi connectivity index (χ2n) is 5.71. The molecule has 1 aromatic heterocycles. The molecule has 5 nitrogen and oxygen atoms in total. The topological polar surface area (TPSA) is 70.1 Å². The SMILES string of the molecule is Cc1ccc(N)cc1Oc1nccn(C(C)(C)C)c1=O. The summed E-state index contributed by atoms with van der Waals surface area (Å²) < 4.78 is 7.23. The predicted molar refractivity (Wildman–Crippen MR) is 79.2 cm³/mol.